The normalized spacial score (nSPS) is 9.86. The van der Waals surface area contributed by atoms with Gasteiger partial charge in [0, 0.05) is 12.0 Å². The third kappa shape index (κ3) is 4.98. The van der Waals surface area contributed by atoms with Gasteiger partial charge in [0.15, 0.2) is 0 Å². The predicted octanol–water partition coefficient (Wildman–Crippen LogP) is 3.62. The molecule has 108 valence electrons. The van der Waals surface area contributed by atoms with Gasteiger partial charge in [-0.15, -0.1) is 0 Å². The molecule has 2 aromatic rings. The second-order valence-corrected chi connectivity index (χ2v) is 5.09. The highest BCUT2D eigenvalue weighted by Crippen LogP contribution is 2.16. The van der Waals surface area contributed by atoms with Gasteiger partial charge in [-0.1, -0.05) is 47.2 Å². The number of rotatable bonds is 4. The van der Waals surface area contributed by atoms with Gasteiger partial charge in [0.2, 0.25) is 0 Å². The van der Waals surface area contributed by atoms with Gasteiger partial charge in [0.05, 0.1) is 6.61 Å². The highest BCUT2D eigenvalue weighted by atomic mass is 16.5. The lowest BCUT2D eigenvalue weighted by Crippen LogP contribution is -1.96. The first-order valence-electron chi connectivity index (χ1n) is 7.07. The molecule has 2 nitrogen and oxygen atoms in total. The Morgan fingerprint density at radius 3 is 2.52 bits per heavy atom. The molecule has 0 aromatic heterocycles. The largest absolute Gasteiger partial charge is 0.489 e. The Hall–Kier alpha value is -2.24. The van der Waals surface area contributed by atoms with Crippen LogP contribution >= 0.6 is 0 Å². The zero-order chi connectivity index (χ0) is 15.1. The maximum Gasteiger partial charge on any atom is 0.121 e. The summed E-state index contributed by atoms with van der Waals surface area (Å²) in [5, 5.41) is 8.73. The molecule has 0 amide bonds. The molecule has 0 aliphatic rings. The molecule has 0 aliphatic carbocycles. The number of aryl methyl sites for hydroxylation is 2. The number of aliphatic hydroxyl groups is 1. The number of benzene rings is 2. The van der Waals surface area contributed by atoms with Crippen molar-refractivity contribution < 1.29 is 9.84 Å². The molecule has 0 aliphatic heterocycles. The number of aliphatic hydroxyl groups excluding tert-OH is 1. The quantitative estimate of drug-likeness (QED) is 0.867. The predicted molar refractivity (Wildman–Crippen MR) is 85.3 cm³/mol. The van der Waals surface area contributed by atoms with Gasteiger partial charge < -0.3 is 9.84 Å². The fraction of sp³-hybridized carbons (Fsp3) is 0.263. The lowest BCUT2D eigenvalue weighted by atomic mass is 10.1. The Bertz CT molecular complexity index is 643. The van der Waals surface area contributed by atoms with Gasteiger partial charge in [-0.25, -0.2) is 0 Å². The van der Waals surface area contributed by atoms with E-state index in [1.807, 2.05) is 24.3 Å². The molecular formula is C19H20O2. The summed E-state index contributed by atoms with van der Waals surface area (Å²) in [5.74, 6) is 6.73. The second-order valence-electron chi connectivity index (χ2n) is 5.09. The van der Waals surface area contributed by atoms with E-state index < -0.39 is 0 Å². The van der Waals surface area contributed by atoms with Crippen LogP contribution in [0.4, 0.5) is 0 Å². The van der Waals surface area contributed by atoms with Crippen LogP contribution in [0.5, 0.6) is 5.75 Å². The summed E-state index contributed by atoms with van der Waals surface area (Å²) < 4.78 is 5.83. The van der Waals surface area contributed by atoms with Crippen molar-refractivity contribution in [3.8, 4) is 17.6 Å². The summed E-state index contributed by atoms with van der Waals surface area (Å²) in [6.45, 7) is 4.83. The highest BCUT2D eigenvalue weighted by Gasteiger charge is 1.99. The van der Waals surface area contributed by atoms with Gasteiger partial charge >= 0.3 is 0 Å². The molecule has 0 spiro atoms. The number of hydrogen-bond donors (Lipinski definition) is 1. The van der Waals surface area contributed by atoms with E-state index in [0.29, 0.717) is 13.0 Å². The fourth-order valence-corrected chi connectivity index (χ4v) is 2.20. The summed E-state index contributed by atoms with van der Waals surface area (Å²) in [6.07, 6.45) is 0.494. The average Bonchev–Trinajstić information content (AvgIpc) is 2.45. The van der Waals surface area contributed by atoms with Crippen molar-refractivity contribution in [2.75, 3.05) is 6.61 Å². The average molecular weight is 280 g/mol. The van der Waals surface area contributed by atoms with Crippen molar-refractivity contribution in [1.82, 2.24) is 0 Å². The van der Waals surface area contributed by atoms with E-state index >= 15 is 0 Å². The van der Waals surface area contributed by atoms with Gasteiger partial charge in [-0.3, -0.25) is 0 Å². The number of hydrogen-bond acceptors (Lipinski definition) is 2. The van der Waals surface area contributed by atoms with Crippen LogP contribution in [0.2, 0.25) is 0 Å². The molecule has 21 heavy (non-hydrogen) atoms. The van der Waals surface area contributed by atoms with E-state index in [2.05, 4.69) is 43.9 Å². The molecule has 0 heterocycles. The van der Waals surface area contributed by atoms with Crippen molar-refractivity contribution in [3.63, 3.8) is 0 Å². The van der Waals surface area contributed by atoms with E-state index in [9.17, 15) is 0 Å². The van der Waals surface area contributed by atoms with Crippen LogP contribution < -0.4 is 4.74 Å². The molecule has 0 radical (unpaired) electrons. The molecule has 0 bridgehead atoms. The zero-order valence-electron chi connectivity index (χ0n) is 12.5. The van der Waals surface area contributed by atoms with Crippen LogP contribution in [0.25, 0.3) is 0 Å². The Morgan fingerprint density at radius 2 is 1.81 bits per heavy atom. The minimum atomic E-state index is 0.0932. The van der Waals surface area contributed by atoms with Crippen molar-refractivity contribution in [3.05, 3.63) is 64.7 Å². The fourth-order valence-electron chi connectivity index (χ4n) is 2.20. The van der Waals surface area contributed by atoms with Crippen LogP contribution in [0.15, 0.2) is 42.5 Å². The highest BCUT2D eigenvalue weighted by molar-refractivity contribution is 5.40. The van der Waals surface area contributed by atoms with E-state index in [1.54, 1.807) is 0 Å². The second kappa shape index (κ2) is 7.52. The first-order valence-corrected chi connectivity index (χ1v) is 7.07. The minimum Gasteiger partial charge on any atom is -0.489 e. The van der Waals surface area contributed by atoms with Crippen molar-refractivity contribution in [2.24, 2.45) is 0 Å². The van der Waals surface area contributed by atoms with Crippen molar-refractivity contribution in [2.45, 2.75) is 26.9 Å². The molecule has 2 heteroatoms. The van der Waals surface area contributed by atoms with Gasteiger partial charge in [0.1, 0.15) is 12.4 Å². The van der Waals surface area contributed by atoms with E-state index in [1.165, 1.54) is 16.7 Å². The molecule has 0 unspecified atom stereocenters. The molecule has 1 N–H and O–H groups in total. The van der Waals surface area contributed by atoms with Crippen molar-refractivity contribution >= 4 is 0 Å². The van der Waals surface area contributed by atoms with Crippen molar-refractivity contribution in [1.29, 1.82) is 0 Å². The summed E-state index contributed by atoms with van der Waals surface area (Å²) in [7, 11) is 0. The summed E-state index contributed by atoms with van der Waals surface area (Å²) in [4.78, 5) is 0. The van der Waals surface area contributed by atoms with Gasteiger partial charge in [-0.05, 0) is 37.6 Å². The summed E-state index contributed by atoms with van der Waals surface area (Å²) in [5.41, 5.74) is 4.57. The minimum absolute atomic E-state index is 0.0932. The Morgan fingerprint density at radius 1 is 1.05 bits per heavy atom. The maximum absolute atomic E-state index is 8.73. The first kappa shape index (κ1) is 15.2. The van der Waals surface area contributed by atoms with E-state index in [0.717, 1.165) is 11.3 Å². The van der Waals surface area contributed by atoms with Crippen LogP contribution in [-0.4, -0.2) is 11.7 Å². The van der Waals surface area contributed by atoms with Gasteiger partial charge in [0.25, 0.3) is 0 Å². The Balaban J connectivity index is 2.03. The van der Waals surface area contributed by atoms with Crippen LogP contribution in [-0.2, 0) is 6.61 Å². The molecule has 2 aromatic carbocycles. The summed E-state index contributed by atoms with van der Waals surface area (Å²) in [6, 6.07) is 14.2. The topological polar surface area (TPSA) is 29.5 Å². The lowest BCUT2D eigenvalue weighted by molar-refractivity contribution is 0.305. The van der Waals surface area contributed by atoms with Crippen LogP contribution in [0.1, 0.15) is 28.7 Å². The SMILES string of the molecule is Cc1cc(C)cc(COc2cccc(C#CCCO)c2)c1. The Kier molecular flexibility index (Phi) is 5.43. The molecule has 0 atom stereocenters. The smallest absolute Gasteiger partial charge is 0.121 e. The lowest BCUT2D eigenvalue weighted by Gasteiger charge is -2.08. The van der Waals surface area contributed by atoms with E-state index in [4.69, 9.17) is 9.84 Å². The number of ether oxygens (including phenoxy) is 1. The maximum atomic E-state index is 8.73. The molecule has 0 saturated carbocycles. The van der Waals surface area contributed by atoms with Gasteiger partial charge in [-0.2, -0.15) is 0 Å². The molecule has 0 saturated heterocycles. The standard InChI is InChI=1S/C19H20O2/c1-15-10-16(2)12-18(11-15)14-21-19-8-5-7-17(13-19)6-3-4-9-20/h5,7-8,10-13,20H,4,9,14H2,1-2H3. The third-order valence-electron chi connectivity index (χ3n) is 2.99. The van der Waals surface area contributed by atoms with Crippen LogP contribution in [0.3, 0.4) is 0 Å². The zero-order valence-corrected chi connectivity index (χ0v) is 12.5. The summed E-state index contributed by atoms with van der Waals surface area (Å²) >= 11 is 0. The molecule has 2 rings (SSSR count). The molecule has 0 fully saturated rings. The first-order chi connectivity index (χ1) is 10.2. The van der Waals surface area contributed by atoms with E-state index in [-0.39, 0.29) is 6.61 Å². The van der Waals surface area contributed by atoms with Crippen LogP contribution in [0, 0.1) is 25.7 Å². The Labute approximate surface area is 126 Å². The molecular weight excluding hydrogens is 260 g/mol. The monoisotopic (exact) mass is 280 g/mol. The third-order valence-corrected chi connectivity index (χ3v) is 2.99.